The molecule has 0 aromatic rings. The van der Waals surface area contributed by atoms with Gasteiger partial charge in [0.15, 0.2) is 0 Å². The van der Waals surface area contributed by atoms with Crippen LogP contribution in [0.15, 0.2) is 12.2 Å². The van der Waals surface area contributed by atoms with Crippen LogP contribution in [-0.4, -0.2) is 13.7 Å². The lowest BCUT2D eigenvalue weighted by Crippen LogP contribution is -1.87. The minimum atomic E-state index is 0.921. The second kappa shape index (κ2) is 10.7. The summed E-state index contributed by atoms with van der Waals surface area (Å²) >= 11 is 0. The van der Waals surface area contributed by atoms with Crippen molar-refractivity contribution in [3.05, 3.63) is 12.2 Å². The van der Waals surface area contributed by atoms with Crippen molar-refractivity contribution in [3.8, 4) is 0 Å². The van der Waals surface area contributed by atoms with Crippen molar-refractivity contribution in [2.24, 2.45) is 0 Å². The summed E-state index contributed by atoms with van der Waals surface area (Å²) in [4.78, 5) is 0. The lowest BCUT2D eigenvalue weighted by Gasteiger charge is -1.97. The second-order valence-electron chi connectivity index (χ2n) is 3.08. The largest absolute Gasteiger partial charge is 0.385 e. The number of unbranched alkanes of at least 4 members (excludes halogenated alkanes) is 4. The van der Waals surface area contributed by atoms with Gasteiger partial charge in [-0.3, -0.25) is 0 Å². The predicted molar refractivity (Wildman–Crippen MR) is 54.4 cm³/mol. The molecule has 0 saturated carbocycles. The summed E-state index contributed by atoms with van der Waals surface area (Å²) in [6.45, 7) is 3.10. The zero-order valence-corrected chi connectivity index (χ0v) is 8.51. The normalized spacial score (nSPS) is 11.2. The van der Waals surface area contributed by atoms with Crippen LogP contribution in [0.1, 0.15) is 45.4 Å². The fourth-order valence-corrected chi connectivity index (χ4v) is 1.15. The van der Waals surface area contributed by atoms with E-state index in [1.807, 2.05) is 0 Å². The smallest absolute Gasteiger partial charge is 0.0462 e. The van der Waals surface area contributed by atoms with E-state index in [-0.39, 0.29) is 0 Å². The molecule has 0 bridgehead atoms. The molecule has 1 heteroatoms. The van der Waals surface area contributed by atoms with Crippen LogP contribution in [0.4, 0.5) is 0 Å². The Bertz CT molecular complexity index is 97.2. The molecule has 0 unspecified atom stereocenters. The van der Waals surface area contributed by atoms with E-state index in [1.165, 1.54) is 38.5 Å². The summed E-state index contributed by atoms with van der Waals surface area (Å²) in [5, 5.41) is 0. The van der Waals surface area contributed by atoms with E-state index in [2.05, 4.69) is 19.1 Å². The molecule has 12 heavy (non-hydrogen) atoms. The Labute approximate surface area is 76.8 Å². The van der Waals surface area contributed by atoms with Crippen molar-refractivity contribution in [1.29, 1.82) is 0 Å². The molecule has 0 N–H and O–H groups in total. The number of rotatable bonds is 8. The summed E-state index contributed by atoms with van der Waals surface area (Å²) in [7, 11) is 1.77. The van der Waals surface area contributed by atoms with Crippen molar-refractivity contribution in [3.63, 3.8) is 0 Å². The highest BCUT2D eigenvalue weighted by Crippen LogP contribution is 2.03. The molecule has 0 spiro atoms. The molecule has 0 aromatic carbocycles. The minimum absolute atomic E-state index is 0.921. The zero-order valence-electron chi connectivity index (χ0n) is 8.51. The fraction of sp³-hybridized carbons (Fsp3) is 0.818. The van der Waals surface area contributed by atoms with Gasteiger partial charge >= 0.3 is 0 Å². The molecule has 0 rings (SSSR count). The summed E-state index contributed by atoms with van der Waals surface area (Å²) in [5.41, 5.74) is 0. The summed E-state index contributed by atoms with van der Waals surface area (Å²) in [6, 6.07) is 0. The van der Waals surface area contributed by atoms with Crippen LogP contribution in [0.3, 0.4) is 0 Å². The molecular weight excluding hydrogens is 148 g/mol. The highest BCUT2D eigenvalue weighted by molar-refractivity contribution is 4.79. The first-order chi connectivity index (χ1) is 5.91. The van der Waals surface area contributed by atoms with Gasteiger partial charge in [0, 0.05) is 13.7 Å². The molecule has 0 amide bonds. The number of methoxy groups -OCH3 is 1. The Hall–Kier alpha value is -0.300. The van der Waals surface area contributed by atoms with E-state index in [0.717, 1.165) is 6.61 Å². The maximum absolute atomic E-state index is 4.97. The fourth-order valence-electron chi connectivity index (χ4n) is 1.15. The summed E-state index contributed by atoms with van der Waals surface area (Å²) in [5.74, 6) is 0. The van der Waals surface area contributed by atoms with E-state index >= 15 is 0 Å². The third-order valence-corrected chi connectivity index (χ3v) is 1.87. The Morgan fingerprint density at radius 1 is 1.00 bits per heavy atom. The number of hydrogen-bond acceptors (Lipinski definition) is 1. The maximum atomic E-state index is 4.97. The average Bonchev–Trinajstić information content (AvgIpc) is 2.10. The van der Waals surface area contributed by atoms with Crippen LogP contribution in [0.5, 0.6) is 0 Å². The van der Waals surface area contributed by atoms with Gasteiger partial charge in [-0.05, 0) is 25.7 Å². The highest BCUT2D eigenvalue weighted by Gasteiger charge is 1.87. The summed E-state index contributed by atoms with van der Waals surface area (Å²) in [6.07, 6.45) is 12.2. The van der Waals surface area contributed by atoms with Crippen LogP contribution >= 0.6 is 0 Å². The SMILES string of the molecule is CC/C=C\CCCCCCOC. The van der Waals surface area contributed by atoms with Gasteiger partial charge in [-0.15, -0.1) is 0 Å². The molecule has 0 radical (unpaired) electrons. The molecule has 72 valence electrons. The summed E-state index contributed by atoms with van der Waals surface area (Å²) < 4.78 is 4.97. The van der Waals surface area contributed by atoms with E-state index in [0.29, 0.717) is 0 Å². The van der Waals surface area contributed by atoms with E-state index in [9.17, 15) is 0 Å². The highest BCUT2D eigenvalue weighted by atomic mass is 16.5. The zero-order chi connectivity index (χ0) is 9.07. The average molecular weight is 170 g/mol. The van der Waals surface area contributed by atoms with Crippen LogP contribution in [0.2, 0.25) is 0 Å². The topological polar surface area (TPSA) is 9.23 Å². The molecule has 0 saturated heterocycles. The monoisotopic (exact) mass is 170 g/mol. The van der Waals surface area contributed by atoms with Crippen molar-refractivity contribution < 1.29 is 4.74 Å². The maximum Gasteiger partial charge on any atom is 0.0462 e. The van der Waals surface area contributed by atoms with Gasteiger partial charge < -0.3 is 4.74 Å². The number of ether oxygens (including phenoxy) is 1. The molecule has 0 heterocycles. The van der Waals surface area contributed by atoms with Crippen LogP contribution < -0.4 is 0 Å². The van der Waals surface area contributed by atoms with Crippen LogP contribution in [0, 0.1) is 0 Å². The Kier molecular flexibility index (Phi) is 10.4. The molecule has 0 fully saturated rings. The predicted octanol–water partition coefficient (Wildman–Crippen LogP) is 3.55. The molecule has 0 aliphatic carbocycles. The first-order valence-corrected chi connectivity index (χ1v) is 5.05. The van der Waals surface area contributed by atoms with Gasteiger partial charge in [-0.2, -0.15) is 0 Å². The van der Waals surface area contributed by atoms with Gasteiger partial charge in [0.05, 0.1) is 0 Å². The van der Waals surface area contributed by atoms with Gasteiger partial charge in [0.2, 0.25) is 0 Å². The standard InChI is InChI=1S/C11H22O/c1-3-4-5-6-7-8-9-10-11-12-2/h4-5H,3,6-11H2,1-2H3/b5-4-. The number of allylic oxidation sites excluding steroid dienone is 2. The molecule has 0 aliphatic heterocycles. The van der Waals surface area contributed by atoms with Gasteiger partial charge in [-0.1, -0.05) is 31.9 Å². The molecule has 0 aliphatic rings. The van der Waals surface area contributed by atoms with E-state index in [4.69, 9.17) is 4.74 Å². The van der Waals surface area contributed by atoms with Crippen LogP contribution in [-0.2, 0) is 4.74 Å². The van der Waals surface area contributed by atoms with Crippen molar-refractivity contribution in [2.75, 3.05) is 13.7 Å². The molecule has 0 atom stereocenters. The Morgan fingerprint density at radius 2 is 1.75 bits per heavy atom. The van der Waals surface area contributed by atoms with Gasteiger partial charge in [0.25, 0.3) is 0 Å². The van der Waals surface area contributed by atoms with Crippen molar-refractivity contribution in [2.45, 2.75) is 45.4 Å². The van der Waals surface area contributed by atoms with E-state index < -0.39 is 0 Å². The van der Waals surface area contributed by atoms with Gasteiger partial charge in [-0.25, -0.2) is 0 Å². The number of hydrogen-bond donors (Lipinski definition) is 0. The van der Waals surface area contributed by atoms with E-state index in [1.54, 1.807) is 7.11 Å². The van der Waals surface area contributed by atoms with Gasteiger partial charge in [0.1, 0.15) is 0 Å². The Morgan fingerprint density at radius 3 is 2.42 bits per heavy atom. The lowest BCUT2D eigenvalue weighted by atomic mass is 10.1. The first-order valence-electron chi connectivity index (χ1n) is 5.05. The Balaban J connectivity index is 2.86. The quantitative estimate of drug-likeness (QED) is 0.400. The first kappa shape index (κ1) is 11.7. The molecular formula is C11H22O. The minimum Gasteiger partial charge on any atom is -0.385 e. The third-order valence-electron chi connectivity index (χ3n) is 1.87. The molecule has 1 nitrogen and oxygen atoms in total. The molecule has 0 aromatic heterocycles. The van der Waals surface area contributed by atoms with Crippen molar-refractivity contribution in [1.82, 2.24) is 0 Å². The second-order valence-corrected chi connectivity index (χ2v) is 3.08. The lowest BCUT2D eigenvalue weighted by molar-refractivity contribution is 0.192. The third kappa shape index (κ3) is 9.70. The van der Waals surface area contributed by atoms with Crippen molar-refractivity contribution >= 4 is 0 Å². The van der Waals surface area contributed by atoms with Crippen LogP contribution in [0.25, 0.3) is 0 Å².